The topological polar surface area (TPSA) is 54.3 Å². The Morgan fingerprint density at radius 1 is 1.30 bits per heavy atom. The number of thiazole rings is 1. The van der Waals surface area contributed by atoms with Crippen molar-refractivity contribution in [2.24, 2.45) is 0 Å². The van der Waals surface area contributed by atoms with E-state index < -0.39 is 0 Å². The van der Waals surface area contributed by atoms with E-state index in [2.05, 4.69) is 10.1 Å². The van der Waals surface area contributed by atoms with Gasteiger partial charge in [0.2, 0.25) is 0 Å². The Morgan fingerprint density at radius 3 is 2.67 bits per heavy atom. The molecule has 6 nitrogen and oxygen atoms in total. The number of fused-ring (bicyclic) bond motifs is 1. The molecule has 0 N–H and O–H groups in total. The smallest absolute Gasteiger partial charge is 0.278 e. The largest absolute Gasteiger partial charge is 0.308 e. The van der Waals surface area contributed by atoms with E-state index in [0.29, 0.717) is 29.4 Å². The van der Waals surface area contributed by atoms with Crippen LogP contribution < -0.4 is 4.90 Å². The standard InChI is InChI=1S/C19H24FN5OS/c1-12(2)25-15(11-13(3)22-25)18(26)24(10-9-23(4)5)19-21-17-14(20)7-6-8-16(17)27-19/h6-8,11-12H,9-10H2,1-5H3. The highest BCUT2D eigenvalue weighted by atomic mass is 32.1. The Hall–Kier alpha value is -2.32. The SMILES string of the molecule is Cc1cc(C(=O)N(CCN(C)C)c2nc3c(F)cccc3s2)n(C(C)C)n1. The molecule has 144 valence electrons. The molecule has 3 aromatic rings. The number of rotatable bonds is 6. The van der Waals surface area contributed by atoms with Gasteiger partial charge in [-0.2, -0.15) is 5.10 Å². The van der Waals surface area contributed by atoms with Gasteiger partial charge in [0.1, 0.15) is 17.0 Å². The minimum Gasteiger partial charge on any atom is -0.308 e. The first-order valence-corrected chi connectivity index (χ1v) is 9.67. The van der Waals surface area contributed by atoms with Gasteiger partial charge < -0.3 is 4.90 Å². The molecular formula is C19H24FN5OS. The van der Waals surface area contributed by atoms with Crippen LogP contribution in [-0.4, -0.2) is 52.8 Å². The van der Waals surface area contributed by atoms with Crippen molar-refractivity contribution in [2.75, 3.05) is 32.1 Å². The van der Waals surface area contributed by atoms with Crippen LogP contribution in [-0.2, 0) is 0 Å². The highest BCUT2D eigenvalue weighted by Gasteiger charge is 2.26. The monoisotopic (exact) mass is 389 g/mol. The molecule has 0 aliphatic heterocycles. The Labute approximate surface area is 162 Å². The number of aromatic nitrogens is 3. The summed E-state index contributed by atoms with van der Waals surface area (Å²) in [4.78, 5) is 21.4. The summed E-state index contributed by atoms with van der Waals surface area (Å²) in [6.45, 7) is 6.96. The minimum atomic E-state index is -0.377. The fourth-order valence-electron chi connectivity index (χ4n) is 2.81. The Balaban J connectivity index is 2.05. The van der Waals surface area contributed by atoms with E-state index in [-0.39, 0.29) is 17.8 Å². The van der Waals surface area contributed by atoms with Crippen molar-refractivity contribution < 1.29 is 9.18 Å². The van der Waals surface area contributed by atoms with Gasteiger partial charge in [-0.25, -0.2) is 9.37 Å². The zero-order valence-electron chi connectivity index (χ0n) is 16.2. The summed E-state index contributed by atoms with van der Waals surface area (Å²) in [7, 11) is 3.90. The molecule has 0 spiro atoms. The number of halogens is 1. The number of para-hydroxylation sites is 1. The number of aryl methyl sites for hydroxylation is 1. The predicted molar refractivity (Wildman–Crippen MR) is 107 cm³/mol. The van der Waals surface area contributed by atoms with Gasteiger partial charge in [-0.05, 0) is 53.1 Å². The molecule has 0 saturated carbocycles. The summed E-state index contributed by atoms with van der Waals surface area (Å²) in [5.74, 6) is -0.552. The predicted octanol–water partition coefficient (Wildman–Crippen LogP) is 3.73. The van der Waals surface area contributed by atoms with Gasteiger partial charge in [0.05, 0.1) is 10.4 Å². The molecule has 2 aromatic heterocycles. The van der Waals surface area contributed by atoms with Crippen molar-refractivity contribution in [1.82, 2.24) is 19.7 Å². The lowest BCUT2D eigenvalue weighted by Gasteiger charge is -2.22. The van der Waals surface area contributed by atoms with Crippen LogP contribution in [0, 0.1) is 12.7 Å². The summed E-state index contributed by atoms with van der Waals surface area (Å²) < 4.78 is 16.5. The van der Waals surface area contributed by atoms with Crippen LogP contribution >= 0.6 is 11.3 Å². The number of likely N-dealkylation sites (N-methyl/N-ethyl adjacent to an activating group) is 1. The van der Waals surface area contributed by atoms with Gasteiger partial charge in [0.25, 0.3) is 5.91 Å². The first kappa shape index (κ1) is 19.4. The highest BCUT2D eigenvalue weighted by molar-refractivity contribution is 7.22. The summed E-state index contributed by atoms with van der Waals surface area (Å²) in [5, 5.41) is 4.94. The Bertz CT molecular complexity index is 962. The summed E-state index contributed by atoms with van der Waals surface area (Å²) in [6, 6.07) is 6.70. The van der Waals surface area contributed by atoms with E-state index in [0.717, 1.165) is 10.4 Å². The molecular weight excluding hydrogens is 365 g/mol. The number of hydrogen-bond acceptors (Lipinski definition) is 5. The molecule has 0 fully saturated rings. The first-order chi connectivity index (χ1) is 12.8. The molecule has 0 unspecified atom stereocenters. The maximum Gasteiger partial charge on any atom is 0.278 e. The van der Waals surface area contributed by atoms with Crippen molar-refractivity contribution in [1.29, 1.82) is 0 Å². The minimum absolute atomic E-state index is 0.0566. The van der Waals surface area contributed by atoms with Crippen molar-refractivity contribution in [3.8, 4) is 0 Å². The Kier molecular flexibility index (Phi) is 5.57. The second-order valence-corrected chi connectivity index (χ2v) is 8.06. The molecule has 0 radical (unpaired) electrons. The Morgan fingerprint density at radius 2 is 2.04 bits per heavy atom. The first-order valence-electron chi connectivity index (χ1n) is 8.85. The number of carbonyl (C=O) groups is 1. The van der Waals surface area contributed by atoms with Gasteiger partial charge in [0, 0.05) is 19.1 Å². The average molecular weight is 390 g/mol. The fourth-order valence-corrected chi connectivity index (χ4v) is 3.82. The molecule has 0 aliphatic rings. The molecule has 0 bridgehead atoms. The molecule has 2 heterocycles. The summed E-state index contributed by atoms with van der Waals surface area (Å²) in [6.07, 6.45) is 0. The number of carbonyl (C=O) groups excluding carboxylic acids is 1. The van der Waals surface area contributed by atoms with Crippen LogP contribution in [0.3, 0.4) is 0 Å². The third-order valence-electron chi connectivity index (χ3n) is 4.17. The van der Waals surface area contributed by atoms with Crippen molar-refractivity contribution in [2.45, 2.75) is 26.8 Å². The average Bonchev–Trinajstić information content (AvgIpc) is 3.19. The number of anilines is 1. The molecule has 0 atom stereocenters. The normalized spacial score (nSPS) is 11.7. The van der Waals surface area contributed by atoms with Crippen LogP contribution in [0.5, 0.6) is 0 Å². The number of amides is 1. The van der Waals surface area contributed by atoms with E-state index in [4.69, 9.17) is 0 Å². The quantitative estimate of drug-likeness (QED) is 0.645. The maximum atomic E-state index is 14.1. The van der Waals surface area contributed by atoms with Gasteiger partial charge in [0.15, 0.2) is 5.13 Å². The van der Waals surface area contributed by atoms with E-state index >= 15 is 0 Å². The van der Waals surface area contributed by atoms with Crippen LogP contribution in [0.15, 0.2) is 24.3 Å². The van der Waals surface area contributed by atoms with Gasteiger partial charge in [-0.1, -0.05) is 17.4 Å². The molecule has 1 aromatic carbocycles. The highest BCUT2D eigenvalue weighted by Crippen LogP contribution is 2.31. The summed E-state index contributed by atoms with van der Waals surface area (Å²) >= 11 is 1.32. The third kappa shape index (κ3) is 4.01. The van der Waals surface area contributed by atoms with Crippen LogP contribution in [0.2, 0.25) is 0 Å². The van der Waals surface area contributed by atoms with Gasteiger partial charge >= 0.3 is 0 Å². The second-order valence-electron chi connectivity index (χ2n) is 7.05. The molecule has 0 saturated heterocycles. The lowest BCUT2D eigenvalue weighted by atomic mass is 10.3. The van der Waals surface area contributed by atoms with Crippen LogP contribution in [0.25, 0.3) is 10.2 Å². The number of nitrogens with zero attached hydrogens (tertiary/aromatic N) is 5. The van der Waals surface area contributed by atoms with Crippen molar-refractivity contribution in [3.05, 3.63) is 41.5 Å². The molecule has 1 amide bonds. The number of hydrogen-bond donors (Lipinski definition) is 0. The lowest BCUT2D eigenvalue weighted by molar-refractivity contribution is 0.0973. The van der Waals surface area contributed by atoms with Gasteiger partial charge in [-0.15, -0.1) is 0 Å². The van der Waals surface area contributed by atoms with E-state index in [1.165, 1.54) is 17.4 Å². The fraction of sp³-hybridized carbons (Fsp3) is 0.421. The van der Waals surface area contributed by atoms with Crippen LogP contribution in [0.1, 0.15) is 36.1 Å². The van der Waals surface area contributed by atoms with Crippen molar-refractivity contribution >= 4 is 32.6 Å². The van der Waals surface area contributed by atoms with E-state index in [9.17, 15) is 9.18 Å². The molecule has 0 aliphatic carbocycles. The number of benzene rings is 1. The maximum absolute atomic E-state index is 14.1. The molecule has 3 rings (SSSR count). The summed E-state index contributed by atoms with van der Waals surface area (Å²) in [5.41, 5.74) is 1.60. The van der Waals surface area contributed by atoms with E-state index in [1.807, 2.05) is 45.8 Å². The molecule has 8 heteroatoms. The zero-order valence-corrected chi connectivity index (χ0v) is 17.0. The van der Waals surface area contributed by atoms with Crippen LogP contribution in [0.4, 0.5) is 9.52 Å². The molecule has 27 heavy (non-hydrogen) atoms. The lowest BCUT2D eigenvalue weighted by Crippen LogP contribution is -2.38. The van der Waals surface area contributed by atoms with Gasteiger partial charge in [-0.3, -0.25) is 14.4 Å². The van der Waals surface area contributed by atoms with E-state index in [1.54, 1.807) is 21.7 Å². The second kappa shape index (κ2) is 7.74. The zero-order chi connectivity index (χ0) is 19.7. The van der Waals surface area contributed by atoms with Crippen molar-refractivity contribution in [3.63, 3.8) is 0 Å². The third-order valence-corrected chi connectivity index (χ3v) is 5.22.